The highest BCUT2D eigenvalue weighted by atomic mass is 35.5. The first-order valence-electron chi connectivity index (χ1n) is 7.71. The molecule has 2 rings (SSSR count). The minimum Gasteiger partial charge on any atom is -0.511 e. The van der Waals surface area contributed by atoms with Gasteiger partial charge in [-0.1, -0.05) is 35.8 Å². The van der Waals surface area contributed by atoms with Crippen LogP contribution in [0, 0.1) is 0 Å². The largest absolute Gasteiger partial charge is 0.511 e. The van der Waals surface area contributed by atoms with Crippen molar-refractivity contribution in [2.24, 2.45) is 5.73 Å². The minimum absolute atomic E-state index is 0.0718. The molecule has 24 heavy (non-hydrogen) atoms. The lowest BCUT2D eigenvalue weighted by Crippen LogP contribution is -2.22. The molecule has 1 aromatic carbocycles. The summed E-state index contributed by atoms with van der Waals surface area (Å²) < 4.78 is 0. The number of thiophene rings is 1. The van der Waals surface area contributed by atoms with E-state index in [1.54, 1.807) is 17.4 Å². The van der Waals surface area contributed by atoms with Crippen LogP contribution < -0.4 is 5.73 Å². The van der Waals surface area contributed by atoms with Crippen molar-refractivity contribution in [3.63, 3.8) is 0 Å². The van der Waals surface area contributed by atoms with Gasteiger partial charge < -0.3 is 10.8 Å². The summed E-state index contributed by atoms with van der Waals surface area (Å²) >= 11 is 15.8. The van der Waals surface area contributed by atoms with E-state index in [1.807, 2.05) is 23.9 Å². The first-order chi connectivity index (χ1) is 11.5. The standard InChI is InChI=1S/C18H21Cl2NOS2/c1-12(22)18(21)6-8-23-7-2-3-15-9-13(11-24-15)16-5-4-14(19)10-17(16)20/h4-5,9-11,18,22H,1-3,6-8,21H2. The third kappa shape index (κ3) is 6.01. The maximum absolute atomic E-state index is 9.16. The third-order valence-corrected chi connectivity index (χ3v) is 6.25. The zero-order chi connectivity index (χ0) is 17.5. The molecule has 1 atom stereocenters. The lowest BCUT2D eigenvalue weighted by atomic mass is 10.1. The molecule has 0 aliphatic carbocycles. The molecular formula is C18H21Cl2NOS2. The van der Waals surface area contributed by atoms with E-state index < -0.39 is 0 Å². The quantitative estimate of drug-likeness (QED) is 0.389. The van der Waals surface area contributed by atoms with Crippen molar-refractivity contribution >= 4 is 46.3 Å². The van der Waals surface area contributed by atoms with E-state index in [-0.39, 0.29) is 11.8 Å². The molecule has 0 aliphatic rings. The fraction of sp³-hybridized carbons (Fsp3) is 0.333. The van der Waals surface area contributed by atoms with Gasteiger partial charge in [0.2, 0.25) is 0 Å². The highest BCUT2D eigenvalue weighted by Crippen LogP contribution is 2.33. The number of aliphatic hydroxyl groups is 1. The molecule has 0 radical (unpaired) electrons. The Bertz CT molecular complexity index is 687. The van der Waals surface area contributed by atoms with E-state index in [1.165, 1.54) is 4.88 Å². The van der Waals surface area contributed by atoms with Gasteiger partial charge in [-0.3, -0.25) is 0 Å². The Morgan fingerprint density at radius 3 is 2.79 bits per heavy atom. The smallest absolute Gasteiger partial charge is 0.102 e. The van der Waals surface area contributed by atoms with E-state index in [0.717, 1.165) is 41.9 Å². The predicted octanol–water partition coefficient (Wildman–Crippen LogP) is 6.18. The van der Waals surface area contributed by atoms with E-state index in [9.17, 15) is 0 Å². The predicted molar refractivity (Wildman–Crippen MR) is 110 cm³/mol. The second-order valence-electron chi connectivity index (χ2n) is 5.53. The second-order valence-corrected chi connectivity index (χ2v) is 8.59. The number of aliphatic hydroxyl groups excluding tert-OH is 1. The van der Waals surface area contributed by atoms with Crippen LogP contribution in [0.1, 0.15) is 17.7 Å². The fourth-order valence-electron chi connectivity index (χ4n) is 2.20. The van der Waals surface area contributed by atoms with Gasteiger partial charge in [-0.05, 0) is 59.9 Å². The van der Waals surface area contributed by atoms with Crippen LogP contribution in [0.5, 0.6) is 0 Å². The molecule has 2 nitrogen and oxygen atoms in total. The topological polar surface area (TPSA) is 46.2 Å². The molecule has 0 spiro atoms. The summed E-state index contributed by atoms with van der Waals surface area (Å²) in [7, 11) is 0. The Hall–Kier alpha value is -0.650. The van der Waals surface area contributed by atoms with E-state index in [2.05, 4.69) is 18.0 Å². The number of benzene rings is 1. The number of nitrogens with two attached hydrogens (primary N) is 1. The molecular weight excluding hydrogens is 381 g/mol. The summed E-state index contributed by atoms with van der Waals surface area (Å²) in [4.78, 5) is 1.36. The van der Waals surface area contributed by atoms with Crippen molar-refractivity contribution in [1.82, 2.24) is 0 Å². The maximum atomic E-state index is 9.16. The van der Waals surface area contributed by atoms with Crippen LogP contribution in [-0.4, -0.2) is 22.7 Å². The zero-order valence-corrected chi connectivity index (χ0v) is 16.4. The van der Waals surface area contributed by atoms with Gasteiger partial charge in [0.25, 0.3) is 0 Å². The number of rotatable bonds is 9. The Balaban J connectivity index is 1.75. The Labute approximate surface area is 161 Å². The number of hydrogen-bond donors (Lipinski definition) is 2. The van der Waals surface area contributed by atoms with Gasteiger partial charge in [0.05, 0.1) is 6.04 Å². The fourth-order valence-corrected chi connectivity index (χ4v) is 4.63. The average molecular weight is 402 g/mol. The van der Waals surface area contributed by atoms with Crippen LogP contribution >= 0.6 is 46.3 Å². The molecule has 1 heterocycles. The number of thioether (sulfide) groups is 1. The molecule has 0 fully saturated rings. The van der Waals surface area contributed by atoms with Crippen molar-refractivity contribution in [2.75, 3.05) is 11.5 Å². The van der Waals surface area contributed by atoms with Gasteiger partial charge >= 0.3 is 0 Å². The highest BCUT2D eigenvalue weighted by Gasteiger charge is 2.08. The van der Waals surface area contributed by atoms with Gasteiger partial charge in [0, 0.05) is 20.5 Å². The lowest BCUT2D eigenvalue weighted by Gasteiger charge is -2.08. The minimum atomic E-state index is -0.304. The molecule has 0 aliphatic heterocycles. The van der Waals surface area contributed by atoms with E-state index >= 15 is 0 Å². The maximum Gasteiger partial charge on any atom is 0.102 e. The number of halogens is 2. The van der Waals surface area contributed by atoms with E-state index in [4.69, 9.17) is 34.0 Å². The Morgan fingerprint density at radius 1 is 1.29 bits per heavy atom. The van der Waals surface area contributed by atoms with Crippen LogP contribution in [0.2, 0.25) is 10.0 Å². The average Bonchev–Trinajstić information content (AvgIpc) is 2.98. The summed E-state index contributed by atoms with van der Waals surface area (Å²) in [6.45, 7) is 3.45. The van der Waals surface area contributed by atoms with Crippen molar-refractivity contribution in [3.05, 3.63) is 56.9 Å². The molecule has 0 saturated heterocycles. The van der Waals surface area contributed by atoms with Gasteiger partial charge in [-0.15, -0.1) is 11.3 Å². The van der Waals surface area contributed by atoms with Crippen LogP contribution in [0.15, 0.2) is 42.0 Å². The summed E-state index contributed by atoms with van der Waals surface area (Å²) in [5.74, 6) is 2.10. The Morgan fingerprint density at radius 2 is 2.08 bits per heavy atom. The van der Waals surface area contributed by atoms with Gasteiger partial charge in [0.1, 0.15) is 5.76 Å². The SMILES string of the molecule is C=C(O)C(N)CCSCCCc1cc(-c2ccc(Cl)cc2Cl)cs1. The molecule has 6 heteroatoms. The van der Waals surface area contributed by atoms with Crippen LogP contribution in [0.25, 0.3) is 11.1 Å². The molecule has 0 saturated carbocycles. The monoisotopic (exact) mass is 401 g/mol. The van der Waals surface area contributed by atoms with Crippen LogP contribution in [0.4, 0.5) is 0 Å². The van der Waals surface area contributed by atoms with Crippen molar-refractivity contribution < 1.29 is 5.11 Å². The molecule has 130 valence electrons. The van der Waals surface area contributed by atoms with Crippen molar-refractivity contribution in [2.45, 2.75) is 25.3 Å². The molecule has 1 aromatic heterocycles. The van der Waals surface area contributed by atoms with E-state index in [0.29, 0.717) is 10.0 Å². The number of aryl methyl sites for hydroxylation is 1. The first kappa shape index (κ1) is 19.7. The summed E-state index contributed by atoms with van der Waals surface area (Å²) in [6, 6.07) is 7.50. The third-order valence-electron chi connectivity index (χ3n) is 3.61. The molecule has 0 amide bonds. The normalized spacial score (nSPS) is 12.3. The number of hydrogen-bond acceptors (Lipinski definition) is 4. The second kappa shape index (κ2) is 9.73. The summed E-state index contributed by atoms with van der Waals surface area (Å²) in [5.41, 5.74) is 7.90. The van der Waals surface area contributed by atoms with Crippen LogP contribution in [-0.2, 0) is 6.42 Å². The van der Waals surface area contributed by atoms with Crippen molar-refractivity contribution in [3.8, 4) is 11.1 Å². The van der Waals surface area contributed by atoms with Gasteiger partial charge in [-0.2, -0.15) is 11.8 Å². The van der Waals surface area contributed by atoms with Crippen molar-refractivity contribution in [1.29, 1.82) is 0 Å². The summed E-state index contributed by atoms with van der Waals surface area (Å²) in [6.07, 6.45) is 2.94. The van der Waals surface area contributed by atoms with Crippen LogP contribution in [0.3, 0.4) is 0 Å². The highest BCUT2D eigenvalue weighted by molar-refractivity contribution is 7.99. The molecule has 2 aromatic rings. The van der Waals surface area contributed by atoms with Gasteiger partial charge in [-0.25, -0.2) is 0 Å². The zero-order valence-electron chi connectivity index (χ0n) is 13.3. The molecule has 1 unspecified atom stereocenters. The van der Waals surface area contributed by atoms with Gasteiger partial charge in [0.15, 0.2) is 0 Å². The summed E-state index contributed by atoms with van der Waals surface area (Å²) in [5, 5.41) is 12.6. The lowest BCUT2D eigenvalue weighted by molar-refractivity contribution is 0.367. The Kier molecular flexibility index (Phi) is 7.98. The molecule has 0 bridgehead atoms. The first-order valence-corrected chi connectivity index (χ1v) is 10.5. The molecule has 3 N–H and O–H groups in total.